The van der Waals surface area contributed by atoms with Gasteiger partial charge in [0.2, 0.25) is 0 Å². The third-order valence-electron chi connectivity index (χ3n) is 3.29. The summed E-state index contributed by atoms with van der Waals surface area (Å²) in [7, 11) is 0. The van der Waals surface area contributed by atoms with Crippen molar-refractivity contribution in [3.63, 3.8) is 0 Å². The molecule has 0 aromatic heterocycles. The largest absolute Gasteiger partial charge is 0.493 e. The standard InChI is InChI=1S/C19H18N2O2/c1-3-11-21-19(22)15(13-20)12-17-16-8-6-5-7-14(16)9-10-18(17)23-4-2/h3,5-10,12H,1,4,11H2,2H3,(H,21,22)/b15-12+. The van der Waals surface area contributed by atoms with E-state index >= 15 is 0 Å². The molecule has 0 aliphatic heterocycles. The molecule has 0 bridgehead atoms. The van der Waals surface area contributed by atoms with Crippen molar-refractivity contribution in [3.8, 4) is 11.8 Å². The van der Waals surface area contributed by atoms with E-state index in [-0.39, 0.29) is 5.57 Å². The number of ether oxygens (including phenoxy) is 1. The Morgan fingerprint density at radius 3 is 2.83 bits per heavy atom. The molecular weight excluding hydrogens is 288 g/mol. The Hall–Kier alpha value is -3.06. The van der Waals surface area contributed by atoms with Crippen molar-refractivity contribution in [2.24, 2.45) is 0 Å². The number of hydrogen-bond donors (Lipinski definition) is 1. The van der Waals surface area contributed by atoms with Gasteiger partial charge in [-0.05, 0) is 29.8 Å². The topological polar surface area (TPSA) is 62.1 Å². The molecule has 4 heteroatoms. The minimum atomic E-state index is -0.428. The molecule has 2 aromatic rings. The Morgan fingerprint density at radius 1 is 1.35 bits per heavy atom. The van der Waals surface area contributed by atoms with E-state index in [0.29, 0.717) is 18.9 Å². The first kappa shape index (κ1) is 16.3. The number of rotatable bonds is 6. The quantitative estimate of drug-likeness (QED) is 0.505. The minimum Gasteiger partial charge on any atom is -0.493 e. The molecule has 116 valence electrons. The Kier molecular flexibility index (Phi) is 5.54. The number of hydrogen-bond acceptors (Lipinski definition) is 3. The number of nitrogens with zero attached hydrogens (tertiary/aromatic N) is 1. The molecule has 0 spiro atoms. The normalized spacial score (nSPS) is 10.9. The molecule has 23 heavy (non-hydrogen) atoms. The third kappa shape index (κ3) is 3.78. The van der Waals surface area contributed by atoms with Crippen LogP contribution in [0.4, 0.5) is 0 Å². The fourth-order valence-corrected chi connectivity index (χ4v) is 2.26. The van der Waals surface area contributed by atoms with E-state index in [2.05, 4.69) is 11.9 Å². The monoisotopic (exact) mass is 306 g/mol. The maximum absolute atomic E-state index is 12.1. The van der Waals surface area contributed by atoms with Crippen LogP contribution in [0.2, 0.25) is 0 Å². The van der Waals surface area contributed by atoms with E-state index in [4.69, 9.17) is 4.74 Å². The highest BCUT2D eigenvalue weighted by molar-refractivity contribution is 6.05. The Labute approximate surface area is 135 Å². The summed E-state index contributed by atoms with van der Waals surface area (Å²) in [6.07, 6.45) is 3.14. The zero-order valence-corrected chi connectivity index (χ0v) is 13.0. The Bertz CT molecular complexity index is 801. The van der Waals surface area contributed by atoms with E-state index in [1.807, 2.05) is 49.4 Å². The zero-order chi connectivity index (χ0) is 16.7. The van der Waals surface area contributed by atoms with Crippen LogP contribution in [0, 0.1) is 11.3 Å². The number of benzene rings is 2. The molecule has 0 aliphatic rings. The average Bonchev–Trinajstić information content (AvgIpc) is 2.58. The number of amides is 1. The summed E-state index contributed by atoms with van der Waals surface area (Å²) in [5.41, 5.74) is 0.763. The van der Waals surface area contributed by atoms with Crippen LogP contribution in [0.25, 0.3) is 16.8 Å². The highest BCUT2D eigenvalue weighted by Crippen LogP contribution is 2.30. The van der Waals surface area contributed by atoms with Crippen LogP contribution in [0.15, 0.2) is 54.6 Å². The molecule has 4 nitrogen and oxygen atoms in total. The van der Waals surface area contributed by atoms with Gasteiger partial charge >= 0.3 is 0 Å². The van der Waals surface area contributed by atoms with E-state index in [1.54, 1.807) is 12.2 Å². The van der Waals surface area contributed by atoms with Crippen molar-refractivity contribution in [1.82, 2.24) is 5.32 Å². The Morgan fingerprint density at radius 2 is 2.13 bits per heavy atom. The van der Waals surface area contributed by atoms with Crippen molar-refractivity contribution in [1.29, 1.82) is 5.26 Å². The molecule has 0 heterocycles. The second kappa shape index (κ2) is 7.81. The zero-order valence-electron chi connectivity index (χ0n) is 13.0. The van der Waals surface area contributed by atoms with Crippen LogP contribution in [0.3, 0.4) is 0 Å². The van der Waals surface area contributed by atoms with Crippen LogP contribution < -0.4 is 10.1 Å². The molecule has 1 N–H and O–H groups in total. The van der Waals surface area contributed by atoms with Gasteiger partial charge in [0, 0.05) is 12.1 Å². The first-order valence-corrected chi connectivity index (χ1v) is 7.36. The third-order valence-corrected chi connectivity index (χ3v) is 3.29. The fraction of sp³-hybridized carbons (Fsp3) is 0.158. The number of carbonyl (C=O) groups excluding carboxylic acids is 1. The summed E-state index contributed by atoms with van der Waals surface area (Å²) >= 11 is 0. The molecule has 1 amide bonds. The van der Waals surface area contributed by atoms with Gasteiger partial charge in [0.1, 0.15) is 17.4 Å². The van der Waals surface area contributed by atoms with Gasteiger partial charge < -0.3 is 10.1 Å². The van der Waals surface area contributed by atoms with Crippen LogP contribution >= 0.6 is 0 Å². The summed E-state index contributed by atoms with van der Waals surface area (Å²) < 4.78 is 5.65. The molecule has 0 aliphatic carbocycles. The summed E-state index contributed by atoms with van der Waals surface area (Å²) in [4.78, 5) is 12.1. The number of carbonyl (C=O) groups is 1. The van der Waals surface area contributed by atoms with Crippen molar-refractivity contribution in [2.45, 2.75) is 6.92 Å². The summed E-state index contributed by atoms with van der Waals surface area (Å²) in [5.74, 6) is 0.221. The van der Waals surface area contributed by atoms with E-state index in [9.17, 15) is 10.1 Å². The molecule has 2 rings (SSSR count). The molecule has 0 radical (unpaired) electrons. The SMILES string of the molecule is C=CCNC(=O)/C(C#N)=C/c1c(OCC)ccc2ccccc12. The lowest BCUT2D eigenvalue weighted by Gasteiger charge is -2.11. The van der Waals surface area contributed by atoms with E-state index in [1.165, 1.54) is 0 Å². The van der Waals surface area contributed by atoms with Gasteiger partial charge in [-0.15, -0.1) is 6.58 Å². The minimum absolute atomic E-state index is 0.0316. The van der Waals surface area contributed by atoms with Gasteiger partial charge in [-0.2, -0.15) is 5.26 Å². The number of nitrogens with one attached hydrogen (secondary N) is 1. The Balaban J connectivity index is 2.57. The smallest absolute Gasteiger partial charge is 0.262 e. The molecule has 2 aromatic carbocycles. The molecule has 0 fully saturated rings. The molecular formula is C19H18N2O2. The lowest BCUT2D eigenvalue weighted by atomic mass is 10.0. The maximum Gasteiger partial charge on any atom is 0.262 e. The maximum atomic E-state index is 12.1. The first-order valence-electron chi connectivity index (χ1n) is 7.36. The van der Waals surface area contributed by atoms with Crippen molar-refractivity contribution >= 4 is 22.8 Å². The van der Waals surface area contributed by atoms with Crippen LogP contribution in [-0.2, 0) is 4.79 Å². The van der Waals surface area contributed by atoms with E-state index in [0.717, 1.165) is 16.3 Å². The lowest BCUT2D eigenvalue weighted by Crippen LogP contribution is -2.24. The van der Waals surface area contributed by atoms with Crippen LogP contribution in [0.5, 0.6) is 5.75 Å². The van der Waals surface area contributed by atoms with Crippen LogP contribution in [0.1, 0.15) is 12.5 Å². The number of nitriles is 1. The highest BCUT2D eigenvalue weighted by Gasteiger charge is 2.12. The van der Waals surface area contributed by atoms with Crippen LogP contribution in [-0.4, -0.2) is 19.1 Å². The predicted molar refractivity (Wildman–Crippen MR) is 91.9 cm³/mol. The fourth-order valence-electron chi connectivity index (χ4n) is 2.26. The molecule has 0 atom stereocenters. The lowest BCUT2D eigenvalue weighted by molar-refractivity contribution is -0.116. The first-order chi connectivity index (χ1) is 11.2. The second-order valence-corrected chi connectivity index (χ2v) is 4.80. The van der Waals surface area contributed by atoms with Gasteiger partial charge in [-0.1, -0.05) is 36.4 Å². The average molecular weight is 306 g/mol. The van der Waals surface area contributed by atoms with E-state index < -0.39 is 5.91 Å². The predicted octanol–water partition coefficient (Wildman–Crippen LogP) is 3.45. The van der Waals surface area contributed by atoms with Gasteiger partial charge in [0.15, 0.2) is 0 Å². The molecule has 0 saturated carbocycles. The van der Waals surface area contributed by atoms with Gasteiger partial charge in [-0.3, -0.25) is 4.79 Å². The molecule has 0 saturated heterocycles. The second-order valence-electron chi connectivity index (χ2n) is 4.80. The highest BCUT2D eigenvalue weighted by atomic mass is 16.5. The van der Waals surface area contributed by atoms with Crippen molar-refractivity contribution in [3.05, 3.63) is 60.2 Å². The molecule has 0 unspecified atom stereocenters. The summed E-state index contributed by atoms with van der Waals surface area (Å²) in [5, 5.41) is 13.9. The van der Waals surface area contributed by atoms with Gasteiger partial charge in [0.25, 0.3) is 5.91 Å². The summed E-state index contributed by atoms with van der Waals surface area (Å²) in [6, 6.07) is 13.5. The number of fused-ring (bicyclic) bond motifs is 1. The summed E-state index contributed by atoms with van der Waals surface area (Å²) in [6.45, 7) is 6.25. The van der Waals surface area contributed by atoms with Crippen molar-refractivity contribution in [2.75, 3.05) is 13.2 Å². The van der Waals surface area contributed by atoms with Gasteiger partial charge in [0.05, 0.1) is 6.61 Å². The van der Waals surface area contributed by atoms with Gasteiger partial charge in [-0.25, -0.2) is 0 Å². The van der Waals surface area contributed by atoms with Crippen molar-refractivity contribution < 1.29 is 9.53 Å².